The number of hydrogen-bond donors (Lipinski definition) is 2. The molecule has 0 aliphatic carbocycles. The molecule has 2 N–H and O–H groups in total. The molecule has 0 saturated carbocycles. The SMILES string of the molecule is N=C(Br)c1cc(CCc2cc(C(=N)Br)c(C(=O)Br)c(Br)c2Br)c(Br)c(Br)c1C(=O)Br. The zero-order valence-corrected chi connectivity index (χ0v) is 27.1. The average molecular weight is 924 g/mol. The van der Waals surface area contributed by atoms with E-state index in [1.807, 2.05) is 0 Å². The van der Waals surface area contributed by atoms with Crippen LogP contribution in [-0.4, -0.2) is 18.6 Å². The van der Waals surface area contributed by atoms with Crippen LogP contribution in [0.4, 0.5) is 0 Å². The van der Waals surface area contributed by atoms with Crippen molar-refractivity contribution < 1.29 is 9.59 Å². The molecule has 158 valence electrons. The van der Waals surface area contributed by atoms with Gasteiger partial charge in [0.25, 0.3) is 0 Å². The van der Waals surface area contributed by atoms with Gasteiger partial charge in [0.1, 0.15) is 9.24 Å². The van der Waals surface area contributed by atoms with Crippen molar-refractivity contribution in [1.82, 2.24) is 0 Å². The van der Waals surface area contributed by atoms with Gasteiger partial charge in [-0.3, -0.25) is 20.4 Å². The lowest BCUT2D eigenvalue weighted by Crippen LogP contribution is -2.07. The largest absolute Gasteiger partial charge is 0.293 e. The van der Waals surface area contributed by atoms with Gasteiger partial charge in [0.15, 0.2) is 0 Å². The van der Waals surface area contributed by atoms with Gasteiger partial charge in [-0.1, -0.05) is 0 Å². The zero-order valence-electron chi connectivity index (χ0n) is 14.4. The maximum atomic E-state index is 12.0. The second kappa shape index (κ2) is 11.4. The molecule has 0 spiro atoms. The lowest BCUT2D eigenvalue weighted by atomic mass is 9.97. The Bertz CT molecular complexity index is 1030. The summed E-state index contributed by atoms with van der Waals surface area (Å²) in [6, 6.07) is 3.57. The van der Waals surface area contributed by atoms with Crippen LogP contribution in [0.25, 0.3) is 0 Å². The second-order valence-electron chi connectivity index (χ2n) is 5.85. The van der Waals surface area contributed by atoms with Crippen molar-refractivity contribution in [3.05, 3.63) is 63.4 Å². The van der Waals surface area contributed by atoms with Gasteiger partial charge in [0.05, 0.1) is 11.1 Å². The molecule has 2 rings (SSSR count). The Morgan fingerprint density at radius 3 is 1.17 bits per heavy atom. The van der Waals surface area contributed by atoms with Crippen LogP contribution in [0.5, 0.6) is 0 Å². The first-order valence-corrected chi connectivity index (χ1v) is 14.1. The highest BCUT2D eigenvalue weighted by atomic mass is 79.9. The number of rotatable bonds is 7. The molecular formula is C18H8Br8N2O2. The molecule has 0 atom stereocenters. The Hall–Kier alpha value is 0.960. The predicted octanol–water partition coefficient (Wildman–Crippen LogP) is 9.03. The summed E-state index contributed by atoms with van der Waals surface area (Å²) in [6.45, 7) is 0. The highest BCUT2D eigenvalue weighted by Crippen LogP contribution is 2.38. The normalized spacial score (nSPS) is 10.8. The van der Waals surface area contributed by atoms with Crippen LogP contribution in [0.1, 0.15) is 43.0 Å². The van der Waals surface area contributed by atoms with E-state index in [1.165, 1.54) is 0 Å². The van der Waals surface area contributed by atoms with Gasteiger partial charge in [0, 0.05) is 29.0 Å². The molecule has 2 aromatic carbocycles. The van der Waals surface area contributed by atoms with E-state index in [4.69, 9.17) is 10.8 Å². The van der Waals surface area contributed by atoms with E-state index in [9.17, 15) is 9.59 Å². The minimum atomic E-state index is -0.331. The summed E-state index contributed by atoms with van der Waals surface area (Å²) in [5.74, 6) is 0. The van der Waals surface area contributed by atoms with Crippen molar-refractivity contribution in [3.8, 4) is 0 Å². The molecule has 0 saturated heterocycles. The summed E-state index contributed by atoms with van der Waals surface area (Å²) in [4.78, 5) is 24.0. The Morgan fingerprint density at radius 1 is 0.633 bits per heavy atom. The Labute approximate surface area is 239 Å². The number of carbonyl (C=O) groups excluding carboxylic acids is 2. The van der Waals surface area contributed by atoms with Gasteiger partial charge in [0.2, 0.25) is 9.39 Å². The maximum Gasteiger partial charge on any atom is 0.229 e. The van der Waals surface area contributed by atoms with Crippen molar-refractivity contribution in [2.24, 2.45) is 0 Å². The maximum absolute atomic E-state index is 12.0. The van der Waals surface area contributed by atoms with Gasteiger partial charge < -0.3 is 0 Å². The summed E-state index contributed by atoms with van der Waals surface area (Å²) in [7, 11) is 0. The first-order valence-electron chi connectivity index (χ1n) is 7.78. The lowest BCUT2D eigenvalue weighted by Gasteiger charge is -2.16. The highest BCUT2D eigenvalue weighted by molar-refractivity contribution is 9.19. The molecule has 2 aromatic rings. The highest BCUT2D eigenvalue weighted by Gasteiger charge is 2.23. The second-order valence-corrected chi connectivity index (χ2v) is 12.0. The van der Waals surface area contributed by atoms with Crippen LogP contribution in [-0.2, 0) is 12.8 Å². The molecule has 0 heterocycles. The third-order valence-electron chi connectivity index (χ3n) is 4.09. The summed E-state index contributed by atoms with van der Waals surface area (Å²) in [5.41, 5.74) is 3.41. The van der Waals surface area contributed by atoms with E-state index in [1.54, 1.807) is 12.1 Å². The molecule has 0 fully saturated rings. The van der Waals surface area contributed by atoms with E-state index in [2.05, 4.69) is 127 Å². The summed E-state index contributed by atoms with van der Waals surface area (Å²) >= 11 is 26.2. The zero-order chi connectivity index (χ0) is 22.9. The first-order chi connectivity index (χ1) is 13.9. The van der Waals surface area contributed by atoms with E-state index in [0.29, 0.717) is 44.0 Å². The smallest absolute Gasteiger partial charge is 0.229 e. The number of benzene rings is 2. The fourth-order valence-corrected chi connectivity index (χ4v) is 7.02. The molecule has 30 heavy (non-hydrogen) atoms. The third-order valence-corrected chi connectivity index (χ3v) is 10.2. The minimum Gasteiger partial charge on any atom is -0.293 e. The molecule has 0 aliphatic rings. The number of carbonyl (C=O) groups is 2. The van der Waals surface area contributed by atoms with Crippen molar-refractivity contribution in [1.29, 1.82) is 10.8 Å². The fraction of sp³-hybridized carbons (Fsp3) is 0.111. The van der Waals surface area contributed by atoms with Crippen LogP contribution in [0, 0.1) is 10.8 Å². The molecule has 0 unspecified atom stereocenters. The average Bonchev–Trinajstić information content (AvgIpc) is 2.64. The van der Waals surface area contributed by atoms with Gasteiger partial charge >= 0.3 is 0 Å². The van der Waals surface area contributed by atoms with Crippen LogP contribution < -0.4 is 0 Å². The molecule has 12 heteroatoms. The Kier molecular flexibility index (Phi) is 10.3. The van der Waals surface area contributed by atoms with Crippen LogP contribution in [0.15, 0.2) is 30.0 Å². The van der Waals surface area contributed by atoms with Crippen molar-refractivity contribution >= 4 is 146 Å². The van der Waals surface area contributed by atoms with Crippen LogP contribution in [0.2, 0.25) is 0 Å². The van der Waals surface area contributed by atoms with E-state index in [-0.39, 0.29) is 18.6 Å². The van der Waals surface area contributed by atoms with Gasteiger partial charge in [-0.25, -0.2) is 0 Å². The summed E-state index contributed by atoms with van der Waals surface area (Å²) in [5, 5.41) is 15.9. The first kappa shape index (κ1) is 27.2. The predicted molar refractivity (Wildman–Crippen MR) is 149 cm³/mol. The van der Waals surface area contributed by atoms with Gasteiger partial charge in [-0.05, 0) is 164 Å². The lowest BCUT2D eigenvalue weighted by molar-refractivity contribution is 0.108. The van der Waals surface area contributed by atoms with E-state index < -0.39 is 0 Å². The summed E-state index contributed by atoms with van der Waals surface area (Å²) < 4.78 is 2.09. The molecule has 4 nitrogen and oxygen atoms in total. The molecule has 0 aliphatic heterocycles. The van der Waals surface area contributed by atoms with Crippen molar-refractivity contribution in [3.63, 3.8) is 0 Å². The Balaban J connectivity index is 2.55. The fourth-order valence-electron chi connectivity index (χ4n) is 2.72. The molecule has 0 bridgehead atoms. The van der Waals surface area contributed by atoms with Gasteiger partial charge in [-0.2, -0.15) is 0 Å². The third kappa shape index (κ3) is 5.90. The van der Waals surface area contributed by atoms with Gasteiger partial charge in [-0.15, -0.1) is 0 Å². The molecule has 0 amide bonds. The minimum absolute atomic E-state index is 0.0962. The topological polar surface area (TPSA) is 81.8 Å². The number of halogens is 8. The molecular weight excluding hydrogens is 915 g/mol. The van der Waals surface area contributed by atoms with Crippen molar-refractivity contribution in [2.45, 2.75) is 12.8 Å². The molecule has 0 aromatic heterocycles. The number of nitrogens with one attached hydrogen (secondary N) is 2. The standard InChI is InChI=1S/C18H8Br8N2O2/c19-11-5(3-7(15(23)27)9(13(11)21)17(25)29)1-2-6-4-8(16(24)28)10(18(26)30)14(22)12(6)20/h3-4,27-28H,1-2H2. The van der Waals surface area contributed by atoms with E-state index >= 15 is 0 Å². The van der Waals surface area contributed by atoms with Crippen LogP contribution in [0.3, 0.4) is 0 Å². The number of hydrogen-bond acceptors (Lipinski definition) is 4. The van der Waals surface area contributed by atoms with E-state index in [0.717, 1.165) is 20.1 Å². The van der Waals surface area contributed by atoms with Crippen molar-refractivity contribution in [2.75, 3.05) is 0 Å². The number of aryl methyl sites for hydroxylation is 2. The monoisotopic (exact) mass is 915 g/mol. The quantitative estimate of drug-likeness (QED) is 0.215. The van der Waals surface area contributed by atoms with Crippen LogP contribution >= 0.6 is 127 Å². The molecule has 0 radical (unpaired) electrons. The Morgan fingerprint density at radius 2 is 0.933 bits per heavy atom. The summed E-state index contributed by atoms with van der Waals surface area (Å²) in [6.07, 6.45) is 1.15.